The van der Waals surface area contributed by atoms with Crippen LogP contribution in [-0.2, 0) is 14.3 Å². The van der Waals surface area contributed by atoms with Gasteiger partial charge in [0.05, 0.1) is 6.61 Å². The SMILES string of the molecule is CCOC(=O)CCCNC(=O)CCSc1ccc(C)c(C)c1. The maximum Gasteiger partial charge on any atom is 0.305 e. The van der Waals surface area contributed by atoms with Crippen LogP contribution in [0.5, 0.6) is 0 Å². The van der Waals surface area contributed by atoms with E-state index >= 15 is 0 Å². The molecular weight excluding hydrogens is 298 g/mol. The summed E-state index contributed by atoms with van der Waals surface area (Å²) in [5.41, 5.74) is 2.55. The maximum absolute atomic E-state index is 11.7. The molecule has 0 aliphatic rings. The highest BCUT2D eigenvalue weighted by Gasteiger charge is 2.04. The number of carbonyl (C=O) groups is 2. The van der Waals surface area contributed by atoms with E-state index in [-0.39, 0.29) is 11.9 Å². The minimum absolute atomic E-state index is 0.0280. The van der Waals surface area contributed by atoms with Crippen LogP contribution in [0.1, 0.15) is 37.3 Å². The molecule has 4 nitrogen and oxygen atoms in total. The fourth-order valence-electron chi connectivity index (χ4n) is 1.85. The predicted octanol–water partition coefficient (Wildman–Crippen LogP) is 3.25. The smallest absolute Gasteiger partial charge is 0.305 e. The molecular formula is C17H25NO3S. The van der Waals surface area contributed by atoms with Crippen LogP contribution in [0.15, 0.2) is 23.1 Å². The third-order valence-electron chi connectivity index (χ3n) is 3.26. The summed E-state index contributed by atoms with van der Waals surface area (Å²) in [6.07, 6.45) is 1.46. The molecule has 5 heteroatoms. The maximum atomic E-state index is 11.7. The van der Waals surface area contributed by atoms with Crippen LogP contribution in [0.25, 0.3) is 0 Å². The summed E-state index contributed by atoms with van der Waals surface area (Å²) in [6, 6.07) is 6.34. The number of rotatable bonds is 9. The number of hydrogen-bond acceptors (Lipinski definition) is 4. The molecule has 1 aromatic carbocycles. The number of benzene rings is 1. The molecule has 1 rings (SSSR count). The average molecular weight is 323 g/mol. The van der Waals surface area contributed by atoms with Crippen molar-refractivity contribution in [3.05, 3.63) is 29.3 Å². The Labute approximate surface area is 137 Å². The average Bonchev–Trinajstić information content (AvgIpc) is 2.48. The Morgan fingerprint density at radius 1 is 1.18 bits per heavy atom. The Balaban J connectivity index is 2.13. The van der Waals surface area contributed by atoms with E-state index in [9.17, 15) is 9.59 Å². The van der Waals surface area contributed by atoms with Crippen LogP contribution >= 0.6 is 11.8 Å². The standard InChI is InChI=1S/C17H25NO3S/c1-4-21-17(20)6-5-10-18-16(19)9-11-22-15-8-7-13(2)14(3)12-15/h7-8,12H,4-6,9-11H2,1-3H3,(H,18,19). The van der Waals surface area contributed by atoms with Crippen molar-refractivity contribution in [3.63, 3.8) is 0 Å². The zero-order valence-corrected chi connectivity index (χ0v) is 14.4. The lowest BCUT2D eigenvalue weighted by Gasteiger charge is -2.06. The van der Waals surface area contributed by atoms with Crippen molar-refractivity contribution in [1.82, 2.24) is 5.32 Å². The second-order valence-electron chi connectivity index (χ2n) is 5.10. The molecule has 0 aromatic heterocycles. The Hall–Kier alpha value is -1.49. The Bertz CT molecular complexity index is 503. The van der Waals surface area contributed by atoms with Crippen LogP contribution in [0, 0.1) is 13.8 Å². The number of thioether (sulfide) groups is 1. The van der Waals surface area contributed by atoms with E-state index in [4.69, 9.17) is 4.74 Å². The molecule has 0 fully saturated rings. The van der Waals surface area contributed by atoms with Gasteiger partial charge in [-0.05, 0) is 50.5 Å². The topological polar surface area (TPSA) is 55.4 Å². The van der Waals surface area contributed by atoms with Crippen LogP contribution in [0.2, 0.25) is 0 Å². The van der Waals surface area contributed by atoms with Crippen LogP contribution < -0.4 is 5.32 Å². The Morgan fingerprint density at radius 3 is 2.64 bits per heavy atom. The highest BCUT2D eigenvalue weighted by atomic mass is 32.2. The largest absolute Gasteiger partial charge is 0.466 e. The third kappa shape index (κ3) is 7.50. The number of ether oxygens (including phenoxy) is 1. The first-order valence-corrected chi connectivity index (χ1v) is 8.64. The molecule has 0 spiro atoms. The lowest BCUT2D eigenvalue weighted by molar-refractivity contribution is -0.143. The van der Waals surface area contributed by atoms with E-state index in [0.717, 1.165) is 5.75 Å². The normalized spacial score (nSPS) is 10.3. The molecule has 122 valence electrons. The first-order chi connectivity index (χ1) is 10.5. The molecule has 0 atom stereocenters. The van der Waals surface area contributed by atoms with Gasteiger partial charge in [0, 0.05) is 30.0 Å². The molecule has 0 heterocycles. The molecule has 0 saturated heterocycles. The molecule has 22 heavy (non-hydrogen) atoms. The van der Waals surface area contributed by atoms with Gasteiger partial charge in [0.15, 0.2) is 0 Å². The fraction of sp³-hybridized carbons (Fsp3) is 0.529. The number of nitrogens with one attached hydrogen (secondary N) is 1. The van der Waals surface area contributed by atoms with Gasteiger partial charge in [-0.15, -0.1) is 11.8 Å². The molecule has 0 radical (unpaired) electrons. The van der Waals surface area contributed by atoms with E-state index in [1.54, 1.807) is 18.7 Å². The van der Waals surface area contributed by atoms with Gasteiger partial charge in [0.25, 0.3) is 0 Å². The van der Waals surface area contributed by atoms with E-state index in [2.05, 4.69) is 37.4 Å². The highest BCUT2D eigenvalue weighted by molar-refractivity contribution is 7.99. The van der Waals surface area contributed by atoms with Gasteiger partial charge in [0.1, 0.15) is 0 Å². The van der Waals surface area contributed by atoms with Crippen molar-refractivity contribution in [2.45, 2.75) is 44.9 Å². The van der Waals surface area contributed by atoms with Crippen LogP contribution in [-0.4, -0.2) is 30.8 Å². The van der Waals surface area contributed by atoms with Crippen LogP contribution in [0.3, 0.4) is 0 Å². The van der Waals surface area contributed by atoms with E-state index in [1.807, 2.05) is 0 Å². The monoisotopic (exact) mass is 323 g/mol. The summed E-state index contributed by atoms with van der Waals surface area (Å²) < 4.78 is 4.83. The van der Waals surface area contributed by atoms with Crippen molar-refractivity contribution in [1.29, 1.82) is 0 Å². The summed E-state index contributed by atoms with van der Waals surface area (Å²) in [5.74, 6) is 0.578. The summed E-state index contributed by atoms with van der Waals surface area (Å²) in [5, 5.41) is 2.83. The summed E-state index contributed by atoms with van der Waals surface area (Å²) >= 11 is 1.69. The van der Waals surface area contributed by atoms with Crippen LogP contribution in [0.4, 0.5) is 0 Å². The zero-order chi connectivity index (χ0) is 16.4. The van der Waals surface area contributed by atoms with Gasteiger partial charge in [-0.3, -0.25) is 9.59 Å². The first-order valence-electron chi connectivity index (χ1n) is 7.65. The summed E-state index contributed by atoms with van der Waals surface area (Å²) in [7, 11) is 0. The van der Waals surface area contributed by atoms with Crippen molar-refractivity contribution >= 4 is 23.6 Å². The van der Waals surface area contributed by atoms with Gasteiger partial charge in [0.2, 0.25) is 5.91 Å². The first kappa shape index (κ1) is 18.6. The van der Waals surface area contributed by atoms with Crippen molar-refractivity contribution in [2.24, 2.45) is 0 Å². The highest BCUT2D eigenvalue weighted by Crippen LogP contribution is 2.21. The van der Waals surface area contributed by atoms with E-state index < -0.39 is 0 Å². The number of amides is 1. The van der Waals surface area contributed by atoms with Crippen molar-refractivity contribution in [2.75, 3.05) is 18.9 Å². The number of hydrogen-bond donors (Lipinski definition) is 1. The molecule has 0 aliphatic heterocycles. The van der Waals surface area contributed by atoms with Gasteiger partial charge in [-0.1, -0.05) is 6.07 Å². The minimum Gasteiger partial charge on any atom is -0.466 e. The molecule has 1 aromatic rings. The lowest BCUT2D eigenvalue weighted by atomic mass is 10.1. The second kappa shape index (κ2) is 10.3. The number of esters is 1. The molecule has 1 amide bonds. The molecule has 0 aliphatic carbocycles. The minimum atomic E-state index is -0.206. The third-order valence-corrected chi connectivity index (χ3v) is 4.26. The number of aryl methyl sites for hydroxylation is 2. The van der Waals surface area contributed by atoms with Crippen molar-refractivity contribution < 1.29 is 14.3 Å². The Kier molecular flexibility index (Phi) is 8.67. The lowest BCUT2D eigenvalue weighted by Crippen LogP contribution is -2.25. The molecule has 0 unspecified atom stereocenters. The molecule has 0 saturated carbocycles. The summed E-state index contributed by atoms with van der Waals surface area (Å²) in [4.78, 5) is 24.0. The van der Waals surface area contributed by atoms with E-state index in [0.29, 0.717) is 32.4 Å². The van der Waals surface area contributed by atoms with Gasteiger partial charge >= 0.3 is 5.97 Å². The fourth-order valence-corrected chi connectivity index (χ4v) is 2.79. The molecule has 1 N–H and O–H groups in total. The quantitative estimate of drug-likeness (QED) is 0.430. The Morgan fingerprint density at radius 2 is 1.95 bits per heavy atom. The summed E-state index contributed by atoms with van der Waals surface area (Å²) in [6.45, 7) is 6.89. The second-order valence-corrected chi connectivity index (χ2v) is 6.27. The predicted molar refractivity (Wildman–Crippen MR) is 90.1 cm³/mol. The van der Waals surface area contributed by atoms with Crippen molar-refractivity contribution in [3.8, 4) is 0 Å². The van der Waals surface area contributed by atoms with Gasteiger partial charge in [-0.2, -0.15) is 0 Å². The van der Waals surface area contributed by atoms with Gasteiger partial charge in [-0.25, -0.2) is 0 Å². The molecule has 0 bridgehead atoms. The zero-order valence-electron chi connectivity index (χ0n) is 13.6. The number of carbonyl (C=O) groups excluding carboxylic acids is 2. The van der Waals surface area contributed by atoms with E-state index in [1.165, 1.54) is 16.0 Å². The van der Waals surface area contributed by atoms with Gasteiger partial charge < -0.3 is 10.1 Å².